The third kappa shape index (κ3) is 3.73. The van der Waals surface area contributed by atoms with Gasteiger partial charge in [0, 0.05) is 7.05 Å². The monoisotopic (exact) mass is 374 g/mol. The Labute approximate surface area is 131 Å². The summed E-state index contributed by atoms with van der Waals surface area (Å²) in [4.78, 5) is 11.9. The van der Waals surface area contributed by atoms with Crippen molar-refractivity contribution in [1.82, 2.24) is 15.2 Å². The highest BCUT2D eigenvalue weighted by molar-refractivity contribution is 9.10. The molecule has 116 valence electrons. The maximum Gasteiger partial charge on any atom is 0.416 e. The molecular weight excluding hydrogens is 365 g/mol. The zero-order valence-electron chi connectivity index (χ0n) is 11.2. The van der Waals surface area contributed by atoms with Gasteiger partial charge in [-0.25, -0.2) is 5.43 Å². The smallest absolute Gasteiger partial charge is 0.266 e. The minimum atomic E-state index is -4.38. The Morgan fingerprint density at radius 3 is 2.50 bits per heavy atom. The number of nitrogens with one attached hydrogen (secondary N) is 1. The van der Waals surface area contributed by atoms with E-state index in [0.717, 1.165) is 12.1 Å². The highest BCUT2D eigenvalue weighted by Gasteiger charge is 2.29. The lowest BCUT2D eigenvalue weighted by Gasteiger charge is -2.05. The van der Waals surface area contributed by atoms with E-state index in [1.807, 2.05) is 0 Å². The van der Waals surface area contributed by atoms with Gasteiger partial charge in [0.15, 0.2) is 0 Å². The van der Waals surface area contributed by atoms with E-state index in [0.29, 0.717) is 10.0 Å². The summed E-state index contributed by atoms with van der Waals surface area (Å²) < 4.78 is 39.1. The van der Waals surface area contributed by atoms with Crippen LogP contribution in [-0.4, -0.2) is 21.9 Å². The fourth-order valence-corrected chi connectivity index (χ4v) is 2.17. The van der Waals surface area contributed by atoms with Gasteiger partial charge in [0.1, 0.15) is 5.69 Å². The van der Waals surface area contributed by atoms with Gasteiger partial charge in [-0.3, -0.25) is 9.48 Å². The van der Waals surface area contributed by atoms with Crippen LogP contribution in [0.1, 0.15) is 21.6 Å². The van der Waals surface area contributed by atoms with Crippen LogP contribution in [0.25, 0.3) is 0 Å². The number of hydrogen-bond acceptors (Lipinski definition) is 3. The van der Waals surface area contributed by atoms with E-state index >= 15 is 0 Å². The van der Waals surface area contributed by atoms with E-state index < -0.39 is 17.6 Å². The molecule has 0 spiro atoms. The summed E-state index contributed by atoms with van der Waals surface area (Å²) in [5.74, 6) is -0.491. The van der Waals surface area contributed by atoms with Crippen LogP contribution in [0.2, 0.25) is 0 Å². The summed E-state index contributed by atoms with van der Waals surface area (Å²) in [5.41, 5.74) is 2.24. The summed E-state index contributed by atoms with van der Waals surface area (Å²) in [5, 5.41) is 7.59. The first-order valence-corrected chi connectivity index (χ1v) is 6.76. The second kappa shape index (κ2) is 6.30. The van der Waals surface area contributed by atoms with Gasteiger partial charge >= 0.3 is 6.18 Å². The van der Waals surface area contributed by atoms with E-state index in [1.165, 1.54) is 29.2 Å². The molecule has 0 atom stereocenters. The third-order valence-electron chi connectivity index (χ3n) is 2.73. The molecule has 0 aliphatic heterocycles. The van der Waals surface area contributed by atoms with Crippen LogP contribution in [0.3, 0.4) is 0 Å². The van der Waals surface area contributed by atoms with E-state index in [2.05, 4.69) is 31.6 Å². The fourth-order valence-electron chi connectivity index (χ4n) is 1.64. The first kappa shape index (κ1) is 16.2. The van der Waals surface area contributed by atoms with Gasteiger partial charge in [0.05, 0.1) is 22.4 Å². The van der Waals surface area contributed by atoms with Crippen LogP contribution in [0, 0.1) is 0 Å². The molecule has 0 aliphatic carbocycles. The predicted octanol–water partition coefficient (Wildman–Crippen LogP) is 2.97. The number of rotatable bonds is 3. The van der Waals surface area contributed by atoms with Gasteiger partial charge in [0.2, 0.25) is 0 Å². The van der Waals surface area contributed by atoms with Crippen LogP contribution in [0.15, 0.2) is 40.0 Å². The number of alkyl halides is 3. The molecule has 1 N–H and O–H groups in total. The molecule has 0 radical (unpaired) electrons. The molecule has 1 aromatic heterocycles. The molecule has 1 heterocycles. The third-order valence-corrected chi connectivity index (χ3v) is 3.31. The van der Waals surface area contributed by atoms with Gasteiger partial charge in [-0.05, 0) is 33.6 Å². The Kier molecular flexibility index (Phi) is 4.65. The lowest BCUT2D eigenvalue weighted by Crippen LogP contribution is -2.21. The molecule has 1 aromatic carbocycles. The average Bonchev–Trinajstić information content (AvgIpc) is 2.77. The van der Waals surface area contributed by atoms with Crippen molar-refractivity contribution in [2.24, 2.45) is 12.1 Å². The quantitative estimate of drug-likeness (QED) is 0.663. The van der Waals surface area contributed by atoms with Crippen molar-refractivity contribution in [3.63, 3.8) is 0 Å². The van der Waals surface area contributed by atoms with Crippen LogP contribution in [0.5, 0.6) is 0 Å². The van der Waals surface area contributed by atoms with E-state index in [1.54, 1.807) is 7.05 Å². The van der Waals surface area contributed by atoms with E-state index in [4.69, 9.17) is 0 Å². The number of carbonyl (C=O) groups is 1. The number of aryl methyl sites for hydroxylation is 1. The molecule has 0 fully saturated rings. The Morgan fingerprint density at radius 2 is 2.00 bits per heavy atom. The van der Waals surface area contributed by atoms with Gasteiger partial charge < -0.3 is 0 Å². The van der Waals surface area contributed by atoms with Crippen LogP contribution in [-0.2, 0) is 13.2 Å². The molecular formula is C13H10BrF3N4O. The Morgan fingerprint density at radius 1 is 1.36 bits per heavy atom. The minimum Gasteiger partial charge on any atom is -0.266 e. The largest absolute Gasteiger partial charge is 0.416 e. The number of hydrazone groups is 1. The normalized spacial score (nSPS) is 11.9. The van der Waals surface area contributed by atoms with Gasteiger partial charge in [0.25, 0.3) is 5.91 Å². The Balaban J connectivity index is 2.02. The zero-order valence-corrected chi connectivity index (χ0v) is 12.8. The van der Waals surface area contributed by atoms with Crippen molar-refractivity contribution >= 4 is 28.1 Å². The number of aromatic nitrogens is 2. The van der Waals surface area contributed by atoms with Gasteiger partial charge in [-0.1, -0.05) is 12.1 Å². The van der Waals surface area contributed by atoms with Crippen molar-refractivity contribution < 1.29 is 18.0 Å². The SMILES string of the molecule is Cn1ncc(Br)c1C(=O)N/N=C/c1ccc(C(F)(F)F)cc1. The molecule has 0 bridgehead atoms. The molecule has 2 aromatic rings. The average molecular weight is 375 g/mol. The van der Waals surface area contributed by atoms with Crippen molar-refractivity contribution in [3.05, 3.63) is 51.8 Å². The molecule has 5 nitrogen and oxygen atoms in total. The molecule has 0 saturated heterocycles. The first-order valence-electron chi connectivity index (χ1n) is 5.97. The molecule has 9 heteroatoms. The van der Waals surface area contributed by atoms with Gasteiger partial charge in [-0.2, -0.15) is 23.4 Å². The topological polar surface area (TPSA) is 59.3 Å². The second-order valence-corrected chi connectivity index (χ2v) is 5.14. The van der Waals surface area contributed by atoms with Crippen LogP contribution < -0.4 is 5.43 Å². The molecule has 2 rings (SSSR count). The first-order chi connectivity index (χ1) is 10.3. The van der Waals surface area contributed by atoms with Crippen molar-refractivity contribution in [1.29, 1.82) is 0 Å². The van der Waals surface area contributed by atoms with Gasteiger partial charge in [-0.15, -0.1) is 0 Å². The van der Waals surface area contributed by atoms with Crippen molar-refractivity contribution in [2.45, 2.75) is 6.18 Å². The maximum atomic E-state index is 12.4. The lowest BCUT2D eigenvalue weighted by atomic mass is 10.1. The lowest BCUT2D eigenvalue weighted by molar-refractivity contribution is -0.137. The van der Waals surface area contributed by atoms with Crippen LogP contribution in [0.4, 0.5) is 13.2 Å². The molecule has 0 unspecified atom stereocenters. The Bertz CT molecular complexity index is 688. The summed E-state index contributed by atoms with van der Waals surface area (Å²) in [6.07, 6.45) is -1.66. The fraction of sp³-hybridized carbons (Fsp3) is 0.154. The second-order valence-electron chi connectivity index (χ2n) is 4.28. The summed E-state index contributed by atoms with van der Waals surface area (Å²) in [6, 6.07) is 4.42. The molecule has 1 amide bonds. The molecule has 0 aliphatic rings. The number of amides is 1. The highest BCUT2D eigenvalue weighted by atomic mass is 79.9. The van der Waals surface area contributed by atoms with E-state index in [-0.39, 0.29) is 5.69 Å². The highest BCUT2D eigenvalue weighted by Crippen LogP contribution is 2.28. The molecule has 0 saturated carbocycles. The molecule has 22 heavy (non-hydrogen) atoms. The predicted molar refractivity (Wildman–Crippen MR) is 77.4 cm³/mol. The minimum absolute atomic E-state index is 0.282. The number of carbonyl (C=O) groups excluding carboxylic acids is 1. The van der Waals surface area contributed by atoms with Crippen molar-refractivity contribution in [2.75, 3.05) is 0 Å². The number of halogens is 4. The summed E-state index contributed by atoms with van der Waals surface area (Å²) in [6.45, 7) is 0. The van der Waals surface area contributed by atoms with Crippen LogP contribution >= 0.6 is 15.9 Å². The number of hydrogen-bond donors (Lipinski definition) is 1. The number of nitrogens with zero attached hydrogens (tertiary/aromatic N) is 3. The standard InChI is InChI=1S/C13H10BrF3N4O/c1-21-11(10(14)7-19-21)12(22)20-18-6-8-2-4-9(5-3-8)13(15,16)17/h2-7H,1H3,(H,20,22)/b18-6+. The number of benzene rings is 1. The zero-order chi connectivity index (χ0) is 16.3. The van der Waals surface area contributed by atoms with E-state index in [9.17, 15) is 18.0 Å². The van der Waals surface area contributed by atoms with Crippen molar-refractivity contribution in [3.8, 4) is 0 Å². The Hall–Kier alpha value is -2.16. The summed E-state index contributed by atoms with van der Waals surface area (Å²) >= 11 is 3.18. The summed E-state index contributed by atoms with van der Waals surface area (Å²) in [7, 11) is 1.60. The maximum absolute atomic E-state index is 12.4.